The van der Waals surface area contributed by atoms with E-state index in [-0.39, 0.29) is 0 Å². The van der Waals surface area contributed by atoms with E-state index in [1.165, 1.54) is 57.0 Å². The lowest BCUT2D eigenvalue weighted by Gasteiger charge is -2.32. The predicted octanol–water partition coefficient (Wildman–Crippen LogP) is 2.37. The van der Waals surface area contributed by atoms with Crippen molar-refractivity contribution in [2.45, 2.75) is 57.9 Å². The molecule has 0 aromatic carbocycles. The number of piperidine rings is 1. The molecule has 3 heterocycles. The molecule has 3 rings (SSSR count). The van der Waals surface area contributed by atoms with Crippen LogP contribution < -0.4 is 0 Å². The summed E-state index contributed by atoms with van der Waals surface area (Å²) < 4.78 is 2.44. The zero-order chi connectivity index (χ0) is 12.5. The standard InChI is InChI=1S/C14H24N4/c1-3-17-9-7-12(8-10-17)14-16-15-13-6-4-5-11(2)18(13)14/h11-12H,3-10H2,1-2H3. The number of aryl methyl sites for hydroxylation is 1. The maximum absolute atomic E-state index is 4.52. The Labute approximate surface area is 109 Å². The maximum atomic E-state index is 4.52. The highest BCUT2D eigenvalue weighted by molar-refractivity contribution is 5.07. The van der Waals surface area contributed by atoms with Crippen LogP contribution in [0, 0.1) is 0 Å². The molecular formula is C14H24N4. The molecule has 1 atom stereocenters. The average molecular weight is 248 g/mol. The van der Waals surface area contributed by atoms with Crippen molar-refractivity contribution in [2.24, 2.45) is 0 Å². The topological polar surface area (TPSA) is 34.0 Å². The molecule has 1 aromatic heterocycles. The summed E-state index contributed by atoms with van der Waals surface area (Å²) >= 11 is 0. The highest BCUT2D eigenvalue weighted by Gasteiger charge is 2.28. The Morgan fingerprint density at radius 2 is 1.94 bits per heavy atom. The molecule has 1 unspecified atom stereocenters. The summed E-state index contributed by atoms with van der Waals surface area (Å²) in [6.45, 7) is 8.19. The lowest BCUT2D eigenvalue weighted by molar-refractivity contribution is 0.215. The van der Waals surface area contributed by atoms with Crippen molar-refractivity contribution < 1.29 is 0 Å². The van der Waals surface area contributed by atoms with Crippen LogP contribution in [0.25, 0.3) is 0 Å². The fraction of sp³-hybridized carbons (Fsp3) is 0.857. The molecule has 4 heteroatoms. The van der Waals surface area contributed by atoms with Crippen molar-refractivity contribution >= 4 is 0 Å². The van der Waals surface area contributed by atoms with Crippen LogP contribution in [0.1, 0.15) is 63.1 Å². The first-order valence-corrected chi connectivity index (χ1v) is 7.45. The predicted molar refractivity (Wildman–Crippen MR) is 71.8 cm³/mol. The quantitative estimate of drug-likeness (QED) is 0.806. The molecule has 1 aromatic rings. The van der Waals surface area contributed by atoms with Crippen LogP contribution in [0.4, 0.5) is 0 Å². The van der Waals surface area contributed by atoms with Crippen LogP contribution in [0.5, 0.6) is 0 Å². The van der Waals surface area contributed by atoms with Gasteiger partial charge in [0.2, 0.25) is 0 Å². The zero-order valence-corrected chi connectivity index (χ0v) is 11.6. The van der Waals surface area contributed by atoms with Crippen LogP contribution in [0.2, 0.25) is 0 Å². The minimum atomic E-state index is 0.600. The summed E-state index contributed by atoms with van der Waals surface area (Å²) in [6, 6.07) is 0.600. The zero-order valence-electron chi connectivity index (χ0n) is 11.6. The minimum Gasteiger partial charge on any atom is -0.312 e. The van der Waals surface area contributed by atoms with Crippen LogP contribution in [-0.2, 0) is 6.42 Å². The van der Waals surface area contributed by atoms with E-state index in [1.54, 1.807) is 0 Å². The fourth-order valence-corrected chi connectivity index (χ4v) is 3.46. The second-order valence-corrected chi connectivity index (χ2v) is 5.79. The molecule has 1 saturated heterocycles. The number of hydrogen-bond donors (Lipinski definition) is 0. The van der Waals surface area contributed by atoms with Crippen LogP contribution in [0.15, 0.2) is 0 Å². The van der Waals surface area contributed by atoms with Gasteiger partial charge in [0.1, 0.15) is 11.6 Å². The summed E-state index contributed by atoms with van der Waals surface area (Å²) in [5.41, 5.74) is 0. The third kappa shape index (κ3) is 2.07. The van der Waals surface area contributed by atoms with Crippen LogP contribution >= 0.6 is 0 Å². The van der Waals surface area contributed by atoms with E-state index in [1.807, 2.05) is 0 Å². The lowest BCUT2D eigenvalue weighted by atomic mass is 9.94. The van der Waals surface area contributed by atoms with Crippen molar-refractivity contribution in [3.8, 4) is 0 Å². The highest BCUT2D eigenvalue weighted by atomic mass is 15.3. The second-order valence-electron chi connectivity index (χ2n) is 5.79. The molecule has 0 N–H and O–H groups in total. The fourth-order valence-electron chi connectivity index (χ4n) is 3.46. The van der Waals surface area contributed by atoms with Crippen molar-refractivity contribution in [1.82, 2.24) is 19.7 Å². The first-order chi connectivity index (χ1) is 8.79. The Morgan fingerprint density at radius 1 is 1.17 bits per heavy atom. The third-order valence-corrected chi connectivity index (χ3v) is 4.66. The Balaban J connectivity index is 1.79. The molecule has 0 aliphatic carbocycles. The van der Waals surface area contributed by atoms with Gasteiger partial charge >= 0.3 is 0 Å². The van der Waals surface area contributed by atoms with E-state index in [0.29, 0.717) is 12.0 Å². The first kappa shape index (κ1) is 12.2. The van der Waals surface area contributed by atoms with Crippen molar-refractivity contribution in [2.75, 3.05) is 19.6 Å². The second kappa shape index (κ2) is 5.00. The number of rotatable bonds is 2. The van der Waals surface area contributed by atoms with E-state index < -0.39 is 0 Å². The number of likely N-dealkylation sites (tertiary alicyclic amines) is 1. The molecule has 0 saturated carbocycles. The first-order valence-electron chi connectivity index (χ1n) is 7.45. The molecular weight excluding hydrogens is 224 g/mol. The van der Waals surface area contributed by atoms with Gasteiger partial charge in [-0.25, -0.2) is 0 Å². The third-order valence-electron chi connectivity index (χ3n) is 4.66. The van der Waals surface area contributed by atoms with Crippen LogP contribution in [0.3, 0.4) is 0 Å². The van der Waals surface area contributed by atoms with Gasteiger partial charge in [-0.3, -0.25) is 0 Å². The van der Waals surface area contributed by atoms with Gasteiger partial charge in [-0.05, 0) is 52.2 Å². The largest absolute Gasteiger partial charge is 0.312 e. The summed E-state index contributed by atoms with van der Waals surface area (Å²) in [4.78, 5) is 2.54. The average Bonchev–Trinajstić information content (AvgIpc) is 2.84. The van der Waals surface area contributed by atoms with Gasteiger partial charge in [0.15, 0.2) is 0 Å². The van der Waals surface area contributed by atoms with Gasteiger partial charge in [0.25, 0.3) is 0 Å². The van der Waals surface area contributed by atoms with Crippen molar-refractivity contribution in [3.63, 3.8) is 0 Å². The van der Waals surface area contributed by atoms with Gasteiger partial charge in [0, 0.05) is 18.4 Å². The summed E-state index contributed by atoms with van der Waals surface area (Å²) in [6.07, 6.45) is 6.17. The summed E-state index contributed by atoms with van der Waals surface area (Å²) in [5.74, 6) is 3.13. The Hall–Kier alpha value is -0.900. The van der Waals surface area contributed by atoms with E-state index in [0.717, 1.165) is 6.42 Å². The highest BCUT2D eigenvalue weighted by Crippen LogP contribution is 2.32. The number of nitrogens with zero attached hydrogens (tertiary/aromatic N) is 4. The van der Waals surface area contributed by atoms with Crippen molar-refractivity contribution in [1.29, 1.82) is 0 Å². The van der Waals surface area contributed by atoms with Crippen molar-refractivity contribution in [3.05, 3.63) is 11.6 Å². The molecule has 1 fully saturated rings. The molecule has 4 nitrogen and oxygen atoms in total. The van der Waals surface area contributed by atoms with E-state index in [4.69, 9.17) is 0 Å². The number of aromatic nitrogens is 3. The van der Waals surface area contributed by atoms with Gasteiger partial charge in [0.05, 0.1) is 0 Å². The summed E-state index contributed by atoms with van der Waals surface area (Å²) in [7, 11) is 0. The number of fused-ring (bicyclic) bond motifs is 1. The molecule has 0 bridgehead atoms. The van der Waals surface area contributed by atoms with E-state index >= 15 is 0 Å². The van der Waals surface area contributed by atoms with Gasteiger partial charge < -0.3 is 9.47 Å². The van der Waals surface area contributed by atoms with Crippen LogP contribution in [-0.4, -0.2) is 39.3 Å². The SMILES string of the molecule is CCN1CCC(c2nnc3n2C(C)CCC3)CC1. The number of hydrogen-bond acceptors (Lipinski definition) is 3. The Bertz CT molecular complexity index is 404. The molecule has 2 aliphatic rings. The normalized spacial score (nSPS) is 26.2. The molecule has 18 heavy (non-hydrogen) atoms. The Kier molecular flexibility index (Phi) is 3.37. The maximum Gasteiger partial charge on any atom is 0.136 e. The Morgan fingerprint density at radius 3 is 2.67 bits per heavy atom. The monoisotopic (exact) mass is 248 g/mol. The van der Waals surface area contributed by atoms with Gasteiger partial charge in [-0.1, -0.05) is 6.92 Å². The van der Waals surface area contributed by atoms with E-state index in [9.17, 15) is 0 Å². The van der Waals surface area contributed by atoms with Gasteiger partial charge in [-0.15, -0.1) is 10.2 Å². The summed E-state index contributed by atoms with van der Waals surface area (Å²) in [5, 5.41) is 8.94. The lowest BCUT2D eigenvalue weighted by Crippen LogP contribution is -2.33. The smallest absolute Gasteiger partial charge is 0.136 e. The van der Waals surface area contributed by atoms with E-state index in [2.05, 4.69) is 33.5 Å². The molecule has 0 amide bonds. The molecule has 100 valence electrons. The minimum absolute atomic E-state index is 0.600. The van der Waals surface area contributed by atoms with Gasteiger partial charge in [-0.2, -0.15) is 0 Å². The molecule has 2 aliphatic heterocycles. The molecule has 0 spiro atoms. The molecule has 0 radical (unpaired) electrons.